The van der Waals surface area contributed by atoms with E-state index in [2.05, 4.69) is 10.0 Å². The van der Waals surface area contributed by atoms with E-state index in [9.17, 15) is 16.8 Å². The molecule has 21 heavy (non-hydrogen) atoms. The minimum atomic E-state index is -3.69. The molecule has 0 unspecified atom stereocenters. The first-order chi connectivity index (χ1) is 9.85. The Bertz CT molecular complexity index is 693. The normalized spacial score (nSPS) is 17.8. The molecular weight excluding hydrogens is 312 g/mol. The number of hydrogen-bond donors (Lipinski definition) is 2. The van der Waals surface area contributed by atoms with Crippen LogP contribution in [0.4, 0.5) is 0 Å². The second-order valence-corrected chi connectivity index (χ2v) is 9.02. The highest BCUT2D eigenvalue weighted by molar-refractivity contribution is 7.91. The maximum Gasteiger partial charge on any atom is 0.240 e. The van der Waals surface area contributed by atoms with Crippen molar-refractivity contribution in [1.29, 1.82) is 0 Å². The molecule has 0 aromatic heterocycles. The van der Waals surface area contributed by atoms with E-state index in [1.165, 1.54) is 31.2 Å². The Hall–Kier alpha value is -0.960. The van der Waals surface area contributed by atoms with Crippen molar-refractivity contribution in [3.05, 3.63) is 24.3 Å². The molecule has 0 spiro atoms. The van der Waals surface area contributed by atoms with Gasteiger partial charge in [0.1, 0.15) is 0 Å². The number of sulfone groups is 1. The van der Waals surface area contributed by atoms with Gasteiger partial charge in [-0.1, -0.05) is 13.0 Å². The molecule has 1 aliphatic heterocycles. The molecule has 2 N–H and O–H groups in total. The van der Waals surface area contributed by atoms with E-state index >= 15 is 0 Å². The van der Waals surface area contributed by atoms with Gasteiger partial charge in [-0.3, -0.25) is 0 Å². The first kappa shape index (κ1) is 16.4. The lowest BCUT2D eigenvalue weighted by Gasteiger charge is -2.23. The summed E-state index contributed by atoms with van der Waals surface area (Å²) in [5.74, 6) is -0.0573. The van der Waals surface area contributed by atoms with Crippen molar-refractivity contribution in [2.24, 2.45) is 0 Å². The van der Waals surface area contributed by atoms with Gasteiger partial charge in [-0.05, 0) is 44.1 Å². The van der Waals surface area contributed by atoms with E-state index in [-0.39, 0.29) is 21.6 Å². The summed E-state index contributed by atoms with van der Waals surface area (Å²) >= 11 is 0. The molecule has 0 amide bonds. The SMILES string of the molecule is CCS(=O)(=O)c1cccc(S(=O)(=O)NC2CCNCC2)c1. The van der Waals surface area contributed by atoms with Crippen molar-refractivity contribution in [1.82, 2.24) is 10.0 Å². The fourth-order valence-electron chi connectivity index (χ4n) is 2.23. The second kappa shape index (κ2) is 6.43. The molecule has 1 aromatic carbocycles. The van der Waals surface area contributed by atoms with Crippen LogP contribution in [-0.4, -0.2) is 41.7 Å². The van der Waals surface area contributed by atoms with Gasteiger partial charge in [-0.2, -0.15) is 0 Å². The minimum absolute atomic E-state index is 0.00411. The summed E-state index contributed by atoms with van der Waals surface area (Å²) in [7, 11) is -7.11. The number of piperidine rings is 1. The van der Waals surface area contributed by atoms with Gasteiger partial charge in [-0.15, -0.1) is 0 Å². The lowest BCUT2D eigenvalue weighted by molar-refractivity contribution is 0.427. The van der Waals surface area contributed by atoms with Gasteiger partial charge in [0.25, 0.3) is 0 Å². The summed E-state index contributed by atoms with van der Waals surface area (Å²) < 4.78 is 51.0. The van der Waals surface area contributed by atoms with Crippen molar-refractivity contribution in [2.45, 2.75) is 35.6 Å². The molecule has 6 nitrogen and oxygen atoms in total. The van der Waals surface area contributed by atoms with Crippen molar-refractivity contribution in [2.75, 3.05) is 18.8 Å². The van der Waals surface area contributed by atoms with Crippen LogP contribution in [0.2, 0.25) is 0 Å². The quantitative estimate of drug-likeness (QED) is 0.820. The zero-order valence-corrected chi connectivity index (χ0v) is 13.5. The van der Waals surface area contributed by atoms with Gasteiger partial charge < -0.3 is 5.32 Å². The Morgan fingerprint density at radius 1 is 1.14 bits per heavy atom. The molecule has 8 heteroatoms. The highest BCUT2D eigenvalue weighted by atomic mass is 32.2. The van der Waals surface area contributed by atoms with Crippen molar-refractivity contribution in [3.63, 3.8) is 0 Å². The van der Waals surface area contributed by atoms with Gasteiger partial charge in [0, 0.05) is 6.04 Å². The summed E-state index contributed by atoms with van der Waals surface area (Å²) in [5.41, 5.74) is 0. The monoisotopic (exact) mass is 332 g/mol. The van der Waals surface area contributed by atoms with Crippen molar-refractivity contribution < 1.29 is 16.8 Å². The third-order valence-electron chi connectivity index (χ3n) is 3.52. The zero-order valence-electron chi connectivity index (χ0n) is 11.9. The predicted molar refractivity (Wildman–Crippen MR) is 80.4 cm³/mol. The smallest absolute Gasteiger partial charge is 0.240 e. The molecule has 118 valence electrons. The Morgan fingerprint density at radius 3 is 2.38 bits per heavy atom. The van der Waals surface area contributed by atoms with E-state index in [0.29, 0.717) is 0 Å². The van der Waals surface area contributed by atoms with Crippen LogP contribution < -0.4 is 10.0 Å². The van der Waals surface area contributed by atoms with Crippen LogP contribution in [-0.2, 0) is 19.9 Å². The first-order valence-corrected chi connectivity index (χ1v) is 10.0. The van der Waals surface area contributed by atoms with E-state index in [0.717, 1.165) is 25.9 Å². The Morgan fingerprint density at radius 2 is 1.76 bits per heavy atom. The molecule has 0 bridgehead atoms. The van der Waals surface area contributed by atoms with Crippen molar-refractivity contribution in [3.8, 4) is 0 Å². The van der Waals surface area contributed by atoms with Crippen LogP contribution in [0, 0.1) is 0 Å². The molecule has 0 radical (unpaired) electrons. The summed E-state index contributed by atoms with van der Waals surface area (Å²) in [6.07, 6.45) is 1.46. The van der Waals surface area contributed by atoms with Gasteiger partial charge in [0.2, 0.25) is 10.0 Å². The molecule has 1 heterocycles. The average Bonchev–Trinajstić information content (AvgIpc) is 2.48. The third kappa shape index (κ3) is 4.03. The maximum absolute atomic E-state index is 12.3. The highest BCUT2D eigenvalue weighted by Crippen LogP contribution is 2.18. The van der Waals surface area contributed by atoms with E-state index < -0.39 is 19.9 Å². The van der Waals surface area contributed by atoms with Crippen molar-refractivity contribution >= 4 is 19.9 Å². The molecule has 0 aliphatic carbocycles. The molecule has 0 atom stereocenters. The number of benzene rings is 1. The molecule has 1 aromatic rings. The minimum Gasteiger partial charge on any atom is -0.317 e. The Kier molecular flexibility index (Phi) is 5.03. The van der Waals surface area contributed by atoms with Crippen LogP contribution in [0.25, 0.3) is 0 Å². The number of nitrogens with one attached hydrogen (secondary N) is 2. The molecule has 1 fully saturated rings. The largest absolute Gasteiger partial charge is 0.317 e. The summed E-state index contributed by atoms with van der Waals surface area (Å²) in [6, 6.07) is 5.41. The van der Waals surface area contributed by atoms with Crippen LogP contribution in [0.3, 0.4) is 0 Å². The predicted octanol–water partition coefficient (Wildman–Crippen LogP) is 0.511. The number of rotatable bonds is 5. The third-order valence-corrected chi connectivity index (χ3v) is 6.77. The van der Waals surface area contributed by atoms with Gasteiger partial charge in [0.05, 0.1) is 15.5 Å². The number of sulfonamides is 1. The van der Waals surface area contributed by atoms with Crippen LogP contribution in [0.5, 0.6) is 0 Å². The van der Waals surface area contributed by atoms with Gasteiger partial charge in [-0.25, -0.2) is 21.6 Å². The lowest BCUT2D eigenvalue weighted by Crippen LogP contribution is -2.42. The van der Waals surface area contributed by atoms with Gasteiger partial charge in [0.15, 0.2) is 9.84 Å². The lowest BCUT2D eigenvalue weighted by atomic mass is 10.1. The molecule has 1 saturated heterocycles. The summed E-state index contributed by atoms with van der Waals surface area (Å²) in [5, 5.41) is 3.16. The fourth-order valence-corrected chi connectivity index (χ4v) is 4.58. The van der Waals surface area contributed by atoms with Crippen LogP contribution in [0.15, 0.2) is 34.1 Å². The highest BCUT2D eigenvalue weighted by Gasteiger charge is 2.23. The molecule has 2 rings (SSSR count). The maximum atomic E-state index is 12.3. The van der Waals surface area contributed by atoms with Crippen LogP contribution in [0.1, 0.15) is 19.8 Å². The molecule has 1 aliphatic rings. The Balaban J connectivity index is 2.26. The van der Waals surface area contributed by atoms with E-state index in [4.69, 9.17) is 0 Å². The molecular formula is C13H20N2O4S2. The second-order valence-electron chi connectivity index (χ2n) is 5.02. The number of hydrogen-bond acceptors (Lipinski definition) is 5. The van der Waals surface area contributed by atoms with E-state index in [1.54, 1.807) is 0 Å². The first-order valence-electron chi connectivity index (χ1n) is 6.91. The topological polar surface area (TPSA) is 92.3 Å². The van der Waals surface area contributed by atoms with Gasteiger partial charge >= 0.3 is 0 Å². The Labute approximate surface area is 125 Å². The summed E-state index contributed by atoms with van der Waals surface area (Å²) in [6.45, 7) is 3.08. The van der Waals surface area contributed by atoms with Crippen LogP contribution >= 0.6 is 0 Å². The average molecular weight is 332 g/mol. The standard InChI is InChI=1S/C13H20N2O4S2/c1-2-20(16,17)12-4-3-5-13(10-12)21(18,19)15-11-6-8-14-9-7-11/h3-5,10-11,14-15H,2,6-9H2,1H3. The summed E-state index contributed by atoms with van der Waals surface area (Å²) in [4.78, 5) is 0.0359. The molecule has 0 saturated carbocycles. The zero-order chi connectivity index (χ0) is 15.5. The van der Waals surface area contributed by atoms with E-state index in [1.807, 2.05) is 0 Å². The fraction of sp³-hybridized carbons (Fsp3) is 0.538.